The lowest BCUT2D eigenvalue weighted by Gasteiger charge is -2.24. The molecule has 0 bridgehead atoms. The zero-order valence-electron chi connectivity index (χ0n) is 20.1. The molecule has 0 aliphatic rings. The van der Waals surface area contributed by atoms with Crippen molar-refractivity contribution in [2.24, 2.45) is 0 Å². The summed E-state index contributed by atoms with van der Waals surface area (Å²) in [5.74, 6) is 1.30. The second-order valence-corrected chi connectivity index (χ2v) is 9.43. The maximum absolute atomic E-state index is 13.0. The van der Waals surface area contributed by atoms with Crippen LogP contribution in [0.25, 0.3) is 21.3 Å². The molecule has 2 aromatic carbocycles. The average molecular weight is 494 g/mol. The normalized spacial score (nSPS) is 12.3. The van der Waals surface area contributed by atoms with Crippen molar-refractivity contribution in [3.05, 3.63) is 81.7 Å². The summed E-state index contributed by atoms with van der Waals surface area (Å²) in [6, 6.07) is 17.6. The van der Waals surface area contributed by atoms with Crippen LogP contribution in [0.1, 0.15) is 17.8 Å². The van der Waals surface area contributed by atoms with E-state index >= 15 is 0 Å². The molecule has 2 heterocycles. The van der Waals surface area contributed by atoms with Gasteiger partial charge in [-0.2, -0.15) is 0 Å². The van der Waals surface area contributed by atoms with Gasteiger partial charge in [-0.25, -0.2) is 4.98 Å². The van der Waals surface area contributed by atoms with E-state index in [1.807, 2.05) is 66.9 Å². The standard InChI is InChI=1S/C27H31N3O4S/c1-19-9-11-20(12-10-19)23-18-35-27-25(23)26(32)28-24(29-27)16-30(13-6-14-33-2)15-21(31)17-34-22-7-4-3-5-8-22/h3-5,7-12,18,21,31H,6,13-17H2,1-2H3,(H,28,29,32). The van der Waals surface area contributed by atoms with Crippen molar-refractivity contribution in [2.75, 3.05) is 33.4 Å². The molecule has 0 radical (unpaired) electrons. The first-order valence-corrected chi connectivity index (χ1v) is 12.6. The number of aryl methyl sites for hydroxylation is 1. The molecule has 0 aliphatic carbocycles. The number of para-hydroxylation sites is 1. The number of hydrogen-bond acceptors (Lipinski definition) is 7. The number of aliphatic hydroxyl groups excluding tert-OH is 1. The van der Waals surface area contributed by atoms with Gasteiger partial charge in [-0.1, -0.05) is 48.0 Å². The number of hydrogen-bond donors (Lipinski definition) is 2. The number of H-pyrrole nitrogens is 1. The minimum Gasteiger partial charge on any atom is -0.491 e. The van der Waals surface area contributed by atoms with Crippen LogP contribution in [0.2, 0.25) is 0 Å². The first kappa shape index (κ1) is 25.1. The van der Waals surface area contributed by atoms with E-state index in [1.165, 1.54) is 16.9 Å². The Balaban J connectivity index is 1.48. The Labute approximate surface area is 209 Å². The first-order valence-electron chi connectivity index (χ1n) is 11.7. The first-order chi connectivity index (χ1) is 17.0. The number of ether oxygens (including phenoxy) is 2. The molecular weight excluding hydrogens is 462 g/mol. The molecule has 0 saturated heterocycles. The van der Waals surface area contributed by atoms with Gasteiger partial charge < -0.3 is 19.6 Å². The van der Waals surface area contributed by atoms with Gasteiger partial charge in [-0.3, -0.25) is 9.69 Å². The van der Waals surface area contributed by atoms with E-state index in [1.54, 1.807) is 7.11 Å². The van der Waals surface area contributed by atoms with Crippen molar-refractivity contribution in [3.63, 3.8) is 0 Å². The van der Waals surface area contributed by atoms with Gasteiger partial charge in [0.05, 0.1) is 11.9 Å². The third kappa shape index (κ3) is 6.76. The van der Waals surface area contributed by atoms with Crippen molar-refractivity contribution in [1.82, 2.24) is 14.9 Å². The molecule has 2 N–H and O–H groups in total. The minimum absolute atomic E-state index is 0.147. The zero-order chi connectivity index (χ0) is 24.6. The molecule has 4 aromatic rings. The van der Waals surface area contributed by atoms with Crippen LogP contribution in [0.4, 0.5) is 0 Å². The number of nitrogens with zero attached hydrogens (tertiary/aromatic N) is 2. The van der Waals surface area contributed by atoms with E-state index in [0.29, 0.717) is 42.3 Å². The summed E-state index contributed by atoms with van der Waals surface area (Å²) in [6.45, 7) is 4.32. The molecular formula is C27H31N3O4S. The van der Waals surface area contributed by atoms with Crippen LogP contribution in [0.3, 0.4) is 0 Å². The Kier molecular flexibility index (Phi) is 8.65. The van der Waals surface area contributed by atoms with E-state index in [4.69, 9.17) is 14.5 Å². The predicted molar refractivity (Wildman–Crippen MR) is 140 cm³/mol. The summed E-state index contributed by atoms with van der Waals surface area (Å²) >= 11 is 1.47. The number of aromatic amines is 1. The Morgan fingerprint density at radius 3 is 2.66 bits per heavy atom. The highest BCUT2D eigenvalue weighted by atomic mass is 32.1. The van der Waals surface area contributed by atoms with Crippen molar-refractivity contribution < 1.29 is 14.6 Å². The van der Waals surface area contributed by atoms with Gasteiger partial charge in [0.1, 0.15) is 29.1 Å². The number of aliphatic hydroxyl groups is 1. The lowest BCUT2D eigenvalue weighted by Crippen LogP contribution is -2.37. The summed E-state index contributed by atoms with van der Waals surface area (Å²) in [7, 11) is 1.67. The largest absolute Gasteiger partial charge is 0.491 e. The summed E-state index contributed by atoms with van der Waals surface area (Å²) in [5.41, 5.74) is 2.93. The summed E-state index contributed by atoms with van der Waals surface area (Å²) in [4.78, 5) is 23.5. The molecule has 1 atom stereocenters. The van der Waals surface area contributed by atoms with E-state index in [-0.39, 0.29) is 12.2 Å². The van der Waals surface area contributed by atoms with Gasteiger partial charge in [0.15, 0.2) is 0 Å². The smallest absolute Gasteiger partial charge is 0.260 e. The topological polar surface area (TPSA) is 87.7 Å². The zero-order valence-corrected chi connectivity index (χ0v) is 20.9. The molecule has 8 heteroatoms. The number of methoxy groups -OCH3 is 1. The van der Waals surface area contributed by atoms with E-state index in [0.717, 1.165) is 23.3 Å². The van der Waals surface area contributed by atoms with Crippen LogP contribution < -0.4 is 10.3 Å². The molecule has 4 rings (SSSR count). The Hall–Kier alpha value is -3.04. The van der Waals surface area contributed by atoms with E-state index < -0.39 is 6.10 Å². The number of fused-ring (bicyclic) bond motifs is 1. The van der Waals surface area contributed by atoms with Gasteiger partial charge in [-0.05, 0) is 31.0 Å². The molecule has 2 aromatic heterocycles. The molecule has 0 saturated carbocycles. The molecule has 35 heavy (non-hydrogen) atoms. The van der Waals surface area contributed by atoms with Gasteiger partial charge in [0.2, 0.25) is 0 Å². The van der Waals surface area contributed by atoms with Gasteiger partial charge in [0, 0.05) is 37.7 Å². The third-order valence-corrected chi connectivity index (χ3v) is 6.58. The van der Waals surface area contributed by atoms with Crippen LogP contribution in [0.15, 0.2) is 64.8 Å². The number of nitrogens with one attached hydrogen (secondary N) is 1. The monoisotopic (exact) mass is 493 g/mol. The predicted octanol–water partition coefficient (Wildman–Crippen LogP) is 4.24. The summed E-state index contributed by atoms with van der Waals surface area (Å²) in [5, 5.41) is 13.2. The Morgan fingerprint density at radius 1 is 1.14 bits per heavy atom. The number of benzene rings is 2. The number of thiophene rings is 1. The Bertz CT molecular complexity index is 1270. The lowest BCUT2D eigenvalue weighted by molar-refractivity contribution is 0.0609. The molecule has 0 aliphatic heterocycles. The highest BCUT2D eigenvalue weighted by molar-refractivity contribution is 7.17. The summed E-state index contributed by atoms with van der Waals surface area (Å²) < 4.78 is 10.9. The van der Waals surface area contributed by atoms with Crippen LogP contribution in [-0.4, -0.2) is 59.5 Å². The van der Waals surface area contributed by atoms with Crippen LogP contribution in [-0.2, 0) is 11.3 Å². The highest BCUT2D eigenvalue weighted by Gasteiger charge is 2.17. The quantitative estimate of drug-likeness (QED) is 0.287. The van der Waals surface area contributed by atoms with Crippen molar-refractivity contribution >= 4 is 21.6 Å². The number of rotatable bonds is 12. The molecule has 184 valence electrons. The van der Waals surface area contributed by atoms with Gasteiger partial charge in [0.25, 0.3) is 5.56 Å². The molecule has 7 nitrogen and oxygen atoms in total. The van der Waals surface area contributed by atoms with E-state index in [2.05, 4.69) is 9.88 Å². The molecule has 0 fully saturated rings. The van der Waals surface area contributed by atoms with E-state index in [9.17, 15) is 9.90 Å². The average Bonchev–Trinajstić information content (AvgIpc) is 3.28. The molecule has 0 amide bonds. The lowest BCUT2D eigenvalue weighted by atomic mass is 10.1. The number of aromatic nitrogens is 2. The van der Waals surface area contributed by atoms with Gasteiger partial charge in [-0.15, -0.1) is 11.3 Å². The fourth-order valence-corrected chi connectivity index (χ4v) is 4.92. The van der Waals surface area contributed by atoms with Crippen molar-refractivity contribution in [2.45, 2.75) is 26.0 Å². The fraction of sp³-hybridized carbons (Fsp3) is 0.333. The van der Waals surface area contributed by atoms with Gasteiger partial charge >= 0.3 is 0 Å². The molecule has 0 spiro atoms. The van der Waals surface area contributed by atoms with Crippen LogP contribution in [0, 0.1) is 6.92 Å². The van der Waals surface area contributed by atoms with Crippen molar-refractivity contribution in [1.29, 1.82) is 0 Å². The summed E-state index contributed by atoms with van der Waals surface area (Å²) in [6.07, 6.45) is 0.106. The van der Waals surface area contributed by atoms with Crippen molar-refractivity contribution in [3.8, 4) is 16.9 Å². The highest BCUT2D eigenvalue weighted by Crippen LogP contribution is 2.30. The molecule has 1 unspecified atom stereocenters. The van der Waals surface area contributed by atoms with Crippen LogP contribution in [0.5, 0.6) is 5.75 Å². The minimum atomic E-state index is -0.692. The SMILES string of the molecule is COCCCN(Cc1nc2scc(-c3ccc(C)cc3)c2c(=O)[nH]1)CC(O)COc1ccccc1. The van der Waals surface area contributed by atoms with Crippen LogP contribution >= 0.6 is 11.3 Å². The third-order valence-electron chi connectivity index (χ3n) is 5.71. The maximum atomic E-state index is 13.0. The Morgan fingerprint density at radius 2 is 1.91 bits per heavy atom. The second kappa shape index (κ2) is 12.1. The second-order valence-electron chi connectivity index (χ2n) is 8.57. The maximum Gasteiger partial charge on any atom is 0.260 e. The fourth-order valence-electron chi connectivity index (χ4n) is 3.95.